The summed E-state index contributed by atoms with van der Waals surface area (Å²) in [5.41, 5.74) is 6.59. The number of aromatic hydroxyl groups is 1. The molecule has 4 fully saturated rings. The minimum atomic E-state index is -1.71. The number of amides is 13. The number of hydrogen-bond acceptors (Lipinski definition) is 22. The lowest BCUT2D eigenvalue weighted by molar-refractivity contribution is -0.146. The molecule has 0 aliphatic carbocycles. The van der Waals surface area contributed by atoms with E-state index in [-0.39, 0.29) is 87.1 Å². The van der Waals surface area contributed by atoms with Crippen molar-refractivity contribution in [3.05, 3.63) is 48.0 Å². The summed E-state index contributed by atoms with van der Waals surface area (Å²) in [6.45, 7) is 5.24. The zero-order valence-corrected chi connectivity index (χ0v) is 56.0. The van der Waals surface area contributed by atoms with Crippen LogP contribution in [-0.4, -0.2) is 235 Å². The monoisotopic (exact) mass is 1400 g/mol. The molecule has 1 aromatic carbocycles. The van der Waals surface area contributed by atoms with E-state index in [0.29, 0.717) is 24.1 Å². The summed E-state index contributed by atoms with van der Waals surface area (Å²) in [6, 6.07) is -10.5. The Balaban J connectivity index is 1.41. The Morgan fingerprint density at radius 2 is 1.33 bits per heavy atom. The highest BCUT2D eigenvalue weighted by Crippen LogP contribution is 2.27. The standard InChI is InChI=1S/C58H84N16O17S4/c1-28(2)17-35-51(83)70-39-24-93-92-23-38(49(81)62-21-44(78)65-36(18-30-8-10-32(75)11-9-30)52(84)66-33(50(82)67-35)7-5-6-15-59)69-54(86)40(71-55(87)46(29(3)4)73-45(79)22-61-48(80)34-12-13-43(77)64-34)25-94-95-26-41(58(90)91)72-56(88)47-42(76)14-16-74(47)57(89)37(68-53(39)85)19-31-20-60-27-63-31/h8-11,20,27-29,33-42,46-47,75-76H,5-7,12-19,21-26,59H2,1-4H3,(H,60,63)(H,61,80)(H,62,81)(H,64,77)(H,65,78)(H,66,84)(H,67,82)(H,68,85)(H,69,86)(H,70,83)(H,71,87)(H,72,88)(H,73,79)(H,90,91)/t33-,34-,35-,36+,37-,38-,39-,40-,41-,42-,46-,47-/m0/s1. The van der Waals surface area contributed by atoms with Gasteiger partial charge in [-0.1, -0.05) is 83.0 Å². The number of unbranched alkanes of at least 4 members (excludes halogenated alkanes) is 1. The smallest absolute Gasteiger partial charge is 0.327 e. The van der Waals surface area contributed by atoms with E-state index < -0.39 is 180 Å². The Morgan fingerprint density at radius 1 is 0.684 bits per heavy atom. The quantitative estimate of drug-likeness (QED) is 0.0494. The van der Waals surface area contributed by atoms with Crippen molar-refractivity contribution in [2.45, 2.75) is 158 Å². The fourth-order valence-electron chi connectivity index (χ4n) is 10.4. The van der Waals surface area contributed by atoms with Crippen molar-refractivity contribution in [3.63, 3.8) is 0 Å². The Morgan fingerprint density at radius 3 is 1.97 bits per heavy atom. The Bertz CT molecular complexity index is 3080. The van der Waals surface area contributed by atoms with Crippen LogP contribution in [0.15, 0.2) is 36.8 Å². The van der Waals surface area contributed by atoms with Crippen LogP contribution < -0.4 is 69.5 Å². The zero-order valence-electron chi connectivity index (χ0n) is 52.7. The molecule has 5 heterocycles. The highest BCUT2D eigenvalue weighted by atomic mass is 33.1. The number of benzene rings is 1. The van der Waals surface area contributed by atoms with E-state index in [9.17, 15) is 82.4 Å². The number of nitrogens with two attached hydrogens (primary N) is 1. The maximum absolute atomic E-state index is 15.0. The van der Waals surface area contributed by atoms with E-state index in [1.54, 1.807) is 27.7 Å². The number of phenols is 1. The highest BCUT2D eigenvalue weighted by Gasteiger charge is 2.45. The van der Waals surface area contributed by atoms with Crippen LogP contribution in [0.5, 0.6) is 5.75 Å². The lowest BCUT2D eigenvalue weighted by atomic mass is 10.0. The zero-order chi connectivity index (χ0) is 69.5. The van der Waals surface area contributed by atoms with Crippen LogP contribution in [0.25, 0.3) is 0 Å². The molecule has 12 atom stereocenters. The number of aromatic amines is 1. The molecule has 0 saturated carbocycles. The average Bonchev–Trinajstić information content (AvgIpc) is 1.73. The summed E-state index contributed by atoms with van der Waals surface area (Å²) in [4.78, 5) is 204. The number of hydrogen-bond donors (Lipinski definition) is 17. The van der Waals surface area contributed by atoms with Gasteiger partial charge in [0.25, 0.3) is 0 Å². The van der Waals surface area contributed by atoms with Gasteiger partial charge in [0, 0.05) is 60.7 Å². The number of H-pyrrole nitrogens is 1. The van der Waals surface area contributed by atoms with Crippen LogP contribution in [-0.2, 0) is 80.0 Å². The maximum atomic E-state index is 15.0. The number of rotatable bonds is 18. The molecule has 4 saturated heterocycles. The highest BCUT2D eigenvalue weighted by molar-refractivity contribution is 8.77. The number of phenolic OH excluding ortho intramolecular Hbond substituents is 1. The third-order valence-corrected chi connectivity index (χ3v) is 20.3. The van der Waals surface area contributed by atoms with Crippen LogP contribution in [0.1, 0.15) is 83.9 Å². The SMILES string of the molecule is CC(C)C[C@@H]1NC(=O)[C@H](CCCCN)NC(=O)[C@@H](Cc2ccc(O)cc2)NC(=O)CNC(=O)[C@@H]2CSSC[C@H](NC1=O)C(=O)N[C@@H](Cc1cnc[nH]1)C(=O)N1CC[C@H](O)[C@H]1C(=O)N[C@H](C(=O)O)CSSC[C@H](NC(=O)[C@@H](NC(=O)CNC(=O)[C@@H]1CCC(=O)N1)C(C)C)C(=O)N2. The molecule has 1 aromatic heterocycles. The fraction of sp³-hybridized carbons (Fsp3) is 0.603. The predicted molar refractivity (Wildman–Crippen MR) is 349 cm³/mol. The van der Waals surface area contributed by atoms with Crippen molar-refractivity contribution in [2.24, 2.45) is 17.6 Å². The summed E-state index contributed by atoms with van der Waals surface area (Å²) < 4.78 is 0. The number of nitrogens with zero attached hydrogens (tertiary/aromatic N) is 2. The molecule has 4 aliphatic rings. The van der Waals surface area contributed by atoms with Gasteiger partial charge in [-0.2, -0.15) is 0 Å². The number of carbonyl (C=O) groups excluding carboxylic acids is 13. The first kappa shape index (κ1) is 76.2. The van der Waals surface area contributed by atoms with Gasteiger partial charge in [-0.3, -0.25) is 62.3 Å². The molecule has 18 N–H and O–H groups in total. The van der Waals surface area contributed by atoms with Crippen molar-refractivity contribution in [1.82, 2.24) is 78.7 Å². The number of carbonyl (C=O) groups is 14. The van der Waals surface area contributed by atoms with E-state index in [2.05, 4.69) is 73.8 Å². The molecular weight excluding hydrogens is 1320 g/mol. The molecule has 4 aliphatic heterocycles. The van der Waals surface area contributed by atoms with Crippen molar-refractivity contribution in [3.8, 4) is 5.75 Å². The molecule has 2 bridgehead atoms. The largest absolute Gasteiger partial charge is 0.508 e. The number of carboxylic acids is 1. The van der Waals surface area contributed by atoms with Crippen molar-refractivity contribution >= 4 is 126 Å². The van der Waals surface area contributed by atoms with Gasteiger partial charge in [0.05, 0.1) is 25.5 Å². The number of aliphatic hydroxyl groups is 1. The minimum Gasteiger partial charge on any atom is -0.508 e. The Labute approximate surface area is 562 Å². The van der Waals surface area contributed by atoms with Gasteiger partial charge < -0.3 is 94.7 Å². The lowest BCUT2D eigenvalue weighted by Gasteiger charge is -2.31. The second kappa shape index (κ2) is 37.4. The number of nitrogens with one attached hydrogen (secondary N) is 13. The topological polar surface area (TPSA) is 502 Å². The molecule has 0 radical (unpaired) electrons. The van der Waals surface area contributed by atoms with Crippen LogP contribution in [0.4, 0.5) is 0 Å². The third-order valence-electron chi connectivity index (χ3n) is 15.5. The van der Waals surface area contributed by atoms with Gasteiger partial charge in [-0.05, 0) is 74.6 Å². The van der Waals surface area contributed by atoms with Gasteiger partial charge in [0.2, 0.25) is 76.8 Å². The number of aromatic nitrogens is 2. The Hall–Kier alpha value is -7.87. The predicted octanol–water partition coefficient (Wildman–Crippen LogP) is -4.56. The summed E-state index contributed by atoms with van der Waals surface area (Å²) in [5.74, 6) is -15.4. The molecule has 95 heavy (non-hydrogen) atoms. The van der Waals surface area contributed by atoms with E-state index in [1.807, 2.05) is 0 Å². The molecule has 33 nitrogen and oxygen atoms in total. The fourth-order valence-corrected chi connectivity index (χ4v) is 15.0. The van der Waals surface area contributed by atoms with E-state index in [1.165, 1.54) is 36.8 Å². The van der Waals surface area contributed by atoms with Crippen molar-refractivity contribution in [2.75, 3.05) is 49.2 Å². The van der Waals surface area contributed by atoms with Gasteiger partial charge in [-0.25, -0.2) is 9.78 Å². The molecule has 2 aromatic rings. The normalized spacial score (nSPS) is 26.4. The van der Waals surface area contributed by atoms with Gasteiger partial charge in [0.1, 0.15) is 72.2 Å². The van der Waals surface area contributed by atoms with Crippen LogP contribution in [0.2, 0.25) is 0 Å². The molecule has 522 valence electrons. The van der Waals surface area contributed by atoms with Gasteiger partial charge in [0.15, 0.2) is 0 Å². The summed E-state index contributed by atoms with van der Waals surface area (Å²) in [6.07, 6.45) is 1.53. The summed E-state index contributed by atoms with van der Waals surface area (Å²) in [5, 5.41) is 62.6. The Kier molecular flexibility index (Phi) is 30.0. The number of aliphatic carboxylic acids is 1. The second-order valence-electron chi connectivity index (χ2n) is 23.8. The second-order valence-corrected chi connectivity index (χ2v) is 28.9. The molecule has 0 spiro atoms. The first-order valence-corrected chi connectivity index (χ1v) is 35.9. The van der Waals surface area contributed by atoms with Crippen LogP contribution in [0, 0.1) is 11.8 Å². The first-order chi connectivity index (χ1) is 45.2. The minimum absolute atomic E-state index is 0.00288. The average molecular weight is 1410 g/mol. The lowest BCUT2D eigenvalue weighted by Crippen LogP contribution is -2.61. The molecule has 37 heteroatoms. The van der Waals surface area contributed by atoms with E-state index in [0.717, 1.165) is 48.1 Å². The molecule has 0 unspecified atom stereocenters. The van der Waals surface area contributed by atoms with E-state index >= 15 is 0 Å². The number of imidazole rings is 1. The van der Waals surface area contributed by atoms with Gasteiger partial charge in [-0.15, -0.1) is 0 Å². The van der Waals surface area contributed by atoms with Gasteiger partial charge >= 0.3 is 5.97 Å². The van der Waals surface area contributed by atoms with Crippen LogP contribution in [0.3, 0.4) is 0 Å². The van der Waals surface area contributed by atoms with Crippen LogP contribution >= 0.6 is 43.2 Å². The number of aliphatic hydroxyl groups excluding tert-OH is 1. The number of fused-ring (bicyclic) bond motifs is 6. The van der Waals surface area contributed by atoms with Crippen molar-refractivity contribution < 1.29 is 82.4 Å². The number of carboxylic acid groups (broad SMARTS) is 1. The third kappa shape index (κ3) is 23.8. The first-order valence-electron chi connectivity index (χ1n) is 30.9. The molecular formula is C58H84N16O17S4. The molecule has 13 amide bonds. The van der Waals surface area contributed by atoms with Crippen molar-refractivity contribution in [1.29, 1.82) is 0 Å². The maximum Gasteiger partial charge on any atom is 0.327 e. The summed E-state index contributed by atoms with van der Waals surface area (Å²) >= 11 is 0. The molecule has 6 rings (SSSR count). The van der Waals surface area contributed by atoms with E-state index in [4.69, 9.17) is 5.73 Å². The summed E-state index contributed by atoms with van der Waals surface area (Å²) in [7, 11) is 3.48.